The van der Waals surface area contributed by atoms with Gasteiger partial charge in [0.05, 0.1) is 30.2 Å². The van der Waals surface area contributed by atoms with Gasteiger partial charge in [0.1, 0.15) is 5.69 Å². The van der Waals surface area contributed by atoms with Crippen LogP contribution in [0.4, 0.5) is 0 Å². The molecule has 0 saturated carbocycles. The molecule has 1 aliphatic rings. The summed E-state index contributed by atoms with van der Waals surface area (Å²) >= 11 is 0. The molecule has 8 heteroatoms. The summed E-state index contributed by atoms with van der Waals surface area (Å²) in [5.41, 5.74) is 2.27. The van der Waals surface area contributed by atoms with Gasteiger partial charge in [-0.3, -0.25) is 14.7 Å². The van der Waals surface area contributed by atoms with Crippen molar-refractivity contribution < 1.29 is 9.59 Å². The largest absolute Gasteiger partial charge is 0.341 e. The number of aryl methyl sites for hydroxylation is 1. The zero-order valence-corrected chi connectivity index (χ0v) is 15.3. The molecule has 0 atom stereocenters. The molecule has 2 aromatic heterocycles. The molecule has 3 heterocycles. The van der Waals surface area contributed by atoms with Gasteiger partial charge in [0, 0.05) is 38.6 Å². The maximum Gasteiger partial charge on any atom is 0.272 e. The van der Waals surface area contributed by atoms with E-state index in [0.717, 1.165) is 23.0 Å². The van der Waals surface area contributed by atoms with Crippen LogP contribution in [0.1, 0.15) is 22.6 Å². The highest BCUT2D eigenvalue weighted by molar-refractivity contribution is 5.92. The summed E-state index contributed by atoms with van der Waals surface area (Å²) in [6.07, 6.45) is 4.25. The van der Waals surface area contributed by atoms with Crippen LogP contribution < -0.4 is 0 Å². The van der Waals surface area contributed by atoms with E-state index in [9.17, 15) is 9.59 Å². The Morgan fingerprint density at radius 3 is 2.70 bits per heavy atom. The molecule has 1 aliphatic heterocycles. The summed E-state index contributed by atoms with van der Waals surface area (Å²) in [4.78, 5) is 33.1. The van der Waals surface area contributed by atoms with Gasteiger partial charge >= 0.3 is 0 Å². The number of nitrogens with zero attached hydrogens (tertiary/aromatic N) is 5. The molecule has 0 radical (unpaired) electrons. The number of carbonyl (C=O) groups is 2. The summed E-state index contributed by atoms with van der Waals surface area (Å²) in [7, 11) is 1.81. The second-order valence-electron chi connectivity index (χ2n) is 6.81. The molecule has 1 N–H and O–H groups in total. The minimum atomic E-state index is -0.0381. The predicted molar refractivity (Wildman–Crippen MR) is 100 cm³/mol. The van der Waals surface area contributed by atoms with Crippen LogP contribution in [0.15, 0.2) is 36.8 Å². The van der Waals surface area contributed by atoms with Crippen LogP contribution in [0.2, 0.25) is 0 Å². The lowest BCUT2D eigenvalue weighted by atomic mass is 10.1. The summed E-state index contributed by atoms with van der Waals surface area (Å²) in [6.45, 7) is 2.36. The number of fused-ring (bicyclic) bond motifs is 1. The van der Waals surface area contributed by atoms with Crippen LogP contribution in [0.5, 0.6) is 0 Å². The van der Waals surface area contributed by atoms with E-state index >= 15 is 0 Å². The number of H-pyrrole nitrogens is 1. The number of imidazole rings is 1. The van der Waals surface area contributed by atoms with Gasteiger partial charge in [0.15, 0.2) is 0 Å². The van der Waals surface area contributed by atoms with Gasteiger partial charge in [-0.2, -0.15) is 5.10 Å². The Balaban J connectivity index is 1.41. The lowest BCUT2D eigenvalue weighted by Gasteiger charge is -2.22. The number of benzene rings is 1. The Morgan fingerprint density at radius 1 is 1.11 bits per heavy atom. The molecule has 3 aromatic rings. The first-order chi connectivity index (χ1) is 13.1. The minimum Gasteiger partial charge on any atom is -0.341 e. The standard InChI is InChI=1S/C19H22N6O2/c1-23-13-20-12-17(23)19(27)25-8-4-7-24(9-10-25)18(26)11-16-14-5-2-3-6-15(14)21-22-16/h2-3,5-6,12-13H,4,7-11H2,1H3,(H,21,22). The molecule has 140 valence electrons. The van der Waals surface area contributed by atoms with Crippen LogP contribution in [0.3, 0.4) is 0 Å². The Labute approximate surface area is 156 Å². The topological polar surface area (TPSA) is 87.1 Å². The molecule has 1 saturated heterocycles. The smallest absolute Gasteiger partial charge is 0.272 e. The number of aromatic amines is 1. The van der Waals surface area contributed by atoms with Crippen molar-refractivity contribution in [1.29, 1.82) is 0 Å². The van der Waals surface area contributed by atoms with Crippen LogP contribution in [0, 0.1) is 0 Å². The average molecular weight is 366 g/mol. The monoisotopic (exact) mass is 366 g/mol. The van der Waals surface area contributed by atoms with Gasteiger partial charge in [-0.1, -0.05) is 18.2 Å². The first kappa shape index (κ1) is 17.3. The van der Waals surface area contributed by atoms with E-state index in [1.54, 1.807) is 22.0 Å². The number of carbonyl (C=O) groups excluding carboxylic acids is 2. The highest BCUT2D eigenvalue weighted by Gasteiger charge is 2.24. The molecule has 4 rings (SSSR count). The highest BCUT2D eigenvalue weighted by atomic mass is 16.2. The first-order valence-corrected chi connectivity index (χ1v) is 9.09. The molecule has 8 nitrogen and oxygen atoms in total. The van der Waals surface area contributed by atoms with Gasteiger partial charge in [-0.25, -0.2) is 4.98 Å². The molecular weight excluding hydrogens is 344 g/mol. The van der Waals surface area contributed by atoms with E-state index in [4.69, 9.17) is 0 Å². The second-order valence-corrected chi connectivity index (χ2v) is 6.81. The minimum absolute atomic E-state index is 0.0381. The molecule has 0 spiro atoms. The fraction of sp³-hybridized carbons (Fsp3) is 0.368. The third-order valence-corrected chi connectivity index (χ3v) is 5.04. The van der Waals surface area contributed by atoms with Crippen molar-refractivity contribution in [2.75, 3.05) is 26.2 Å². The number of amides is 2. The fourth-order valence-electron chi connectivity index (χ4n) is 3.51. The molecular formula is C19H22N6O2. The van der Waals surface area contributed by atoms with E-state index in [-0.39, 0.29) is 18.2 Å². The summed E-state index contributed by atoms with van der Waals surface area (Å²) in [6, 6.07) is 7.77. The lowest BCUT2D eigenvalue weighted by Crippen LogP contribution is -2.38. The van der Waals surface area contributed by atoms with E-state index in [0.29, 0.717) is 31.9 Å². The van der Waals surface area contributed by atoms with Crippen molar-refractivity contribution in [3.05, 3.63) is 48.2 Å². The molecule has 2 amide bonds. The molecule has 0 aliphatic carbocycles. The Morgan fingerprint density at radius 2 is 1.89 bits per heavy atom. The second kappa shape index (κ2) is 7.22. The lowest BCUT2D eigenvalue weighted by molar-refractivity contribution is -0.130. The summed E-state index contributed by atoms with van der Waals surface area (Å²) < 4.78 is 1.72. The van der Waals surface area contributed by atoms with Crippen molar-refractivity contribution in [2.45, 2.75) is 12.8 Å². The van der Waals surface area contributed by atoms with E-state index in [1.807, 2.05) is 36.2 Å². The molecule has 27 heavy (non-hydrogen) atoms. The predicted octanol–water partition coefficient (Wildman–Crippen LogP) is 1.21. The van der Waals surface area contributed by atoms with Gasteiger partial charge in [0.2, 0.25) is 5.91 Å². The quantitative estimate of drug-likeness (QED) is 0.755. The van der Waals surface area contributed by atoms with Crippen molar-refractivity contribution >= 4 is 22.7 Å². The number of nitrogens with one attached hydrogen (secondary N) is 1. The van der Waals surface area contributed by atoms with Gasteiger partial charge in [-0.05, 0) is 12.5 Å². The van der Waals surface area contributed by atoms with Crippen molar-refractivity contribution in [1.82, 2.24) is 29.5 Å². The van der Waals surface area contributed by atoms with Crippen LogP contribution >= 0.6 is 0 Å². The SMILES string of the molecule is Cn1cncc1C(=O)N1CCCN(C(=O)Cc2[nH]nc3ccccc23)CC1. The van der Waals surface area contributed by atoms with Crippen molar-refractivity contribution in [2.24, 2.45) is 7.05 Å². The van der Waals surface area contributed by atoms with Gasteiger partial charge in [0.25, 0.3) is 5.91 Å². The van der Waals surface area contributed by atoms with Crippen molar-refractivity contribution in [3.8, 4) is 0 Å². The Kier molecular flexibility index (Phi) is 4.62. The third-order valence-electron chi connectivity index (χ3n) is 5.04. The van der Waals surface area contributed by atoms with Gasteiger partial charge in [-0.15, -0.1) is 0 Å². The summed E-state index contributed by atoms with van der Waals surface area (Å²) in [5.74, 6) is 0.0168. The molecule has 0 unspecified atom stereocenters. The Bertz CT molecular complexity index is 975. The molecule has 1 aromatic carbocycles. The average Bonchev–Trinajstić information content (AvgIpc) is 3.19. The van der Waals surface area contributed by atoms with Crippen LogP contribution in [-0.2, 0) is 18.3 Å². The van der Waals surface area contributed by atoms with Gasteiger partial charge < -0.3 is 14.4 Å². The zero-order chi connectivity index (χ0) is 18.8. The first-order valence-electron chi connectivity index (χ1n) is 9.09. The maximum atomic E-state index is 12.8. The van der Waals surface area contributed by atoms with E-state index in [2.05, 4.69) is 15.2 Å². The molecule has 0 bridgehead atoms. The van der Waals surface area contributed by atoms with Crippen LogP contribution in [0.25, 0.3) is 10.9 Å². The van der Waals surface area contributed by atoms with Crippen LogP contribution in [-0.4, -0.2) is 67.5 Å². The number of rotatable bonds is 3. The number of hydrogen-bond donors (Lipinski definition) is 1. The number of para-hydroxylation sites is 1. The number of aromatic nitrogens is 4. The van der Waals surface area contributed by atoms with E-state index < -0.39 is 0 Å². The van der Waals surface area contributed by atoms with Crippen molar-refractivity contribution in [3.63, 3.8) is 0 Å². The zero-order valence-electron chi connectivity index (χ0n) is 15.3. The highest BCUT2D eigenvalue weighted by Crippen LogP contribution is 2.17. The normalized spacial score (nSPS) is 15.1. The molecule has 1 fully saturated rings. The number of hydrogen-bond acceptors (Lipinski definition) is 4. The maximum absolute atomic E-state index is 12.8. The summed E-state index contributed by atoms with van der Waals surface area (Å²) in [5, 5.41) is 8.21. The fourth-order valence-corrected chi connectivity index (χ4v) is 3.51. The Hall–Kier alpha value is -3.16. The third kappa shape index (κ3) is 3.42. The van der Waals surface area contributed by atoms with E-state index in [1.165, 1.54) is 0 Å².